The normalized spacial score (nSPS) is 10.8. The van der Waals surface area contributed by atoms with Crippen LogP contribution in [0.1, 0.15) is 22.3 Å². The number of hydrogen-bond acceptors (Lipinski definition) is 3. The van der Waals surface area contributed by atoms with E-state index in [2.05, 4.69) is 38.7 Å². The molecule has 0 aliphatic rings. The van der Waals surface area contributed by atoms with Crippen LogP contribution in [0.3, 0.4) is 0 Å². The maximum absolute atomic E-state index is 5.70. The molecule has 84 valence electrons. The SMILES string of the molecule is Cc1cc(C)c(C)c(-c2cnc(N)s2)c1C. The van der Waals surface area contributed by atoms with Crippen molar-refractivity contribution in [1.82, 2.24) is 4.98 Å². The molecule has 0 fully saturated rings. The zero-order chi connectivity index (χ0) is 11.9. The molecule has 0 atom stereocenters. The van der Waals surface area contributed by atoms with Crippen LogP contribution in [0, 0.1) is 27.7 Å². The highest BCUT2D eigenvalue weighted by Crippen LogP contribution is 2.35. The summed E-state index contributed by atoms with van der Waals surface area (Å²) in [6, 6.07) is 2.23. The first-order valence-electron chi connectivity index (χ1n) is 5.29. The van der Waals surface area contributed by atoms with Crippen molar-refractivity contribution in [1.29, 1.82) is 0 Å². The smallest absolute Gasteiger partial charge is 0.180 e. The van der Waals surface area contributed by atoms with Crippen molar-refractivity contribution in [3.05, 3.63) is 34.5 Å². The molecule has 2 nitrogen and oxygen atoms in total. The Bertz CT molecular complexity index is 515. The molecule has 0 aliphatic heterocycles. The van der Waals surface area contributed by atoms with E-state index in [9.17, 15) is 0 Å². The maximum Gasteiger partial charge on any atom is 0.180 e. The van der Waals surface area contributed by atoms with Crippen LogP contribution < -0.4 is 5.73 Å². The summed E-state index contributed by atoms with van der Waals surface area (Å²) < 4.78 is 0. The zero-order valence-electron chi connectivity index (χ0n) is 10.1. The predicted octanol–water partition coefficient (Wildman–Crippen LogP) is 3.63. The summed E-state index contributed by atoms with van der Waals surface area (Å²) in [5, 5.41) is 0.632. The molecular weight excluding hydrogens is 216 g/mol. The lowest BCUT2D eigenvalue weighted by Crippen LogP contribution is -1.93. The molecule has 0 radical (unpaired) electrons. The minimum atomic E-state index is 0.632. The van der Waals surface area contributed by atoms with Crippen LogP contribution in [0.2, 0.25) is 0 Å². The van der Waals surface area contributed by atoms with Gasteiger partial charge in [0.15, 0.2) is 5.13 Å². The van der Waals surface area contributed by atoms with Gasteiger partial charge in [0.25, 0.3) is 0 Å². The Hall–Kier alpha value is -1.35. The highest BCUT2D eigenvalue weighted by atomic mass is 32.1. The van der Waals surface area contributed by atoms with Gasteiger partial charge in [0.1, 0.15) is 0 Å². The van der Waals surface area contributed by atoms with Gasteiger partial charge in [-0.2, -0.15) is 0 Å². The van der Waals surface area contributed by atoms with Gasteiger partial charge in [-0.1, -0.05) is 17.4 Å². The van der Waals surface area contributed by atoms with Crippen LogP contribution >= 0.6 is 11.3 Å². The number of benzene rings is 1. The molecule has 1 aromatic carbocycles. The van der Waals surface area contributed by atoms with E-state index in [1.165, 1.54) is 32.7 Å². The lowest BCUT2D eigenvalue weighted by Gasteiger charge is -2.13. The molecule has 0 aliphatic carbocycles. The second kappa shape index (κ2) is 3.91. The maximum atomic E-state index is 5.70. The van der Waals surface area contributed by atoms with Crippen LogP contribution in [-0.4, -0.2) is 4.98 Å². The summed E-state index contributed by atoms with van der Waals surface area (Å²) in [5.74, 6) is 0. The monoisotopic (exact) mass is 232 g/mol. The summed E-state index contributed by atoms with van der Waals surface area (Å²) >= 11 is 1.55. The van der Waals surface area contributed by atoms with Gasteiger partial charge in [0, 0.05) is 6.20 Å². The predicted molar refractivity (Wildman–Crippen MR) is 70.9 cm³/mol. The van der Waals surface area contributed by atoms with Crippen molar-refractivity contribution in [3.63, 3.8) is 0 Å². The summed E-state index contributed by atoms with van der Waals surface area (Å²) in [4.78, 5) is 5.30. The van der Waals surface area contributed by atoms with Crippen molar-refractivity contribution >= 4 is 16.5 Å². The van der Waals surface area contributed by atoms with Gasteiger partial charge in [-0.15, -0.1) is 0 Å². The molecule has 0 unspecified atom stereocenters. The van der Waals surface area contributed by atoms with Gasteiger partial charge < -0.3 is 5.73 Å². The topological polar surface area (TPSA) is 38.9 Å². The first kappa shape index (κ1) is 11.1. The molecule has 2 aromatic rings. The fraction of sp³-hybridized carbons (Fsp3) is 0.308. The summed E-state index contributed by atoms with van der Waals surface area (Å²) in [6.45, 7) is 8.62. The number of anilines is 1. The summed E-state index contributed by atoms with van der Waals surface area (Å²) in [5.41, 5.74) is 12.3. The second-order valence-corrected chi connectivity index (χ2v) is 5.26. The van der Waals surface area contributed by atoms with Crippen molar-refractivity contribution < 1.29 is 0 Å². The van der Waals surface area contributed by atoms with E-state index in [-0.39, 0.29) is 0 Å². The number of aryl methyl sites for hydroxylation is 2. The van der Waals surface area contributed by atoms with Crippen LogP contribution in [0.25, 0.3) is 10.4 Å². The molecule has 0 spiro atoms. The molecule has 0 saturated heterocycles. The molecule has 0 bridgehead atoms. The van der Waals surface area contributed by atoms with Crippen molar-refractivity contribution in [2.75, 3.05) is 5.73 Å². The van der Waals surface area contributed by atoms with E-state index in [0.29, 0.717) is 5.13 Å². The van der Waals surface area contributed by atoms with Gasteiger partial charge in [0.05, 0.1) is 4.88 Å². The number of nitrogen functional groups attached to an aromatic ring is 1. The standard InChI is InChI=1S/C13H16N2S/c1-7-5-8(2)10(4)12(9(7)3)11-6-15-13(14)16-11/h5-6H,1-4H3,(H2,14,15). The van der Waals surface area contributed by atoms with E-state index in [0.717, 1.165) is 0 Å². The van der Waals surface area contributed by atoms with E-state index in [1.807, 2.05) is 6.20 Å². The summed E-state index contributed by atoms with van der Waals surface area (Å²) in [7, 11) is 0. The molecule has 2 rings (SSSR count). The number of nitrogens with zero attached hydrogens (tertiary/aromatic N) is 1. The minimum Gasteiger partial charge on any atom is -0.375 e. The highest BCUT2D eigenvalue weighted by Gasteiger charge is 2.12. The summed E-state index contributed by atoms with van der Waals surface area (Å²) in [6.07, 6.45) is 1.87. The van der Waals surface area contributed by atoms with Crippen LogP contribution in [0.5, 0.6) is 0 Å². The number of thiazole rings is 1. The Morgan fingerprint density at radius 1 is 1.06 bits per heavy atom. The Morgan fingerprint density at radius 3 is 2.06 bits per heavy atom. The number of hydrogen-bond donors (Lipinski definition) is 1. The molecule has 1 aromatic heterocycles. The number of nitrogens with two attached hydrogens (primary N) is 1. The quantitative estimate of drug-likeness (QED) is 0.815. The van der Waals surface area contributed by atoms with Crippen molar-refractivity contribution in [2.24, 2.45) is 0 Å². The number of aromatic nitrogens is 1. The minimum absolute atomic E-state index is 0.632. The van der Waals surface area contributed by atoms with E-state index >= 15 is 0 Å². The third-order valence-corrected chi connectivity index (χ3v) is 3.98. The van der Waals surface area contributed by atoms with Gasteiger partial charge in [-0.3, -0.25) is 0 Å². The average Bonchev–Trinajstić information content (AvgIpc) is 2.62. The third-order valence-electron chi connectivity index (χ3n) is 3.14. The van der Waals surface area contributed by atoms with Gasteiger partial charge in [0.2, 0.25) is 0 Å². The van der Waals surface area contributed by atoms with Gasteiger partial charge in [-0.25, -0.2) is 4.98 Å². The Balaban J connectivity index is 2.73. The van der Waals surface area contributed by atoms with Crippen molar-refractivity contribution in [3.8, 4) is 10.4 Å². The van der Waals surface area contributed by atoms with E-state index in [1.54, 1.807) is 11.3 Å². The van der Waals surface area contributed by atoms with Crippen LogP contribution in [0.15, 0.2) is 12.3 Å². The molecule has 0 amide bonds. The van der Waals surface area contributed by atoms with E-state index < -0.39 is 0 Å². The van der Waals surface area contributed by atoms with Gasteiger partial charge >= 0.3 is 0 Å². The highest BCUT2D eigenvalue weighted by molar-refractivity contribution is 7.18. The first-order chi connectivity index (χ1) is 7.50. The molecular formula is C13H16N2S. The number of rotatable bonds is 1. The van der Waals surface area contributed by atoms with E-state index in [4.69, 9.17) is 5.73 Å². The Morgan fingerprint density at radius 2 is 1.62 bits per heavy atom. The fourth-order valence-corrected chi connectivity index (χ4v) is 2.83. The Labute approximate surface area is 100 Å². The fourth-order valence-electron chi connectivity index (χ4n) is 1.99. The molecule has 0 saturated carbocycles. The lowest BCUT2D eigenvalue weighted by molar-refractivity contribution is 1.25. The zero-order valence-corrected chi connectivity index (χ0v) is 10.9. The second-order valence-electron chi connectivity index (χ2n) is 4.20. The molecule has 1 heterocycles. The largest absolute Gasteiger partial charge is 0.375 e. The third kappa shape index (κ3) is 1.71. The lowest BCUT2D eigenvalue weighted by atomic mass is 9.94. The average molecular weight is 232 g/mol. The molecule has 16 heavy (non-hydrogen) atoms. The van der Waals surface area contributed by atoms with Gasteiger partial charge in [-0.05, 0) is 55.5 Å². The first-order valence-corrected chi connectivity index (χ1v) is 6.11. The van der Waals surface area contributed by atoms with Crippen molar-refractivity contribution in [2.45, 2.75) is 27.7 Å². The van der Waals surface area contributed by atoms with Crippen LogP contribution in [-0.2, 0) is 0 Å². The van der Waals surface area contributed by atoms with Crippen LogP contribution in [0.4, 0.5) is 5.13 Å². The molecule has 2 N–H and O–H groups in total. The Kier molecular flexibility index (Phi) is 2.72. The molecule has 3 heteroatoms.